The van der Waals surface area contributed by atoms with Gasteiger partial charge in [0.2, 0.25) is 0 Å². The number of nitrogens with one attached hydrogen (secondary N) is 1. The molecule has 130 valence electrons. The second-order valence-electron chi connectivity index (χ2n) is 5.53. The van der Waals surface area contributed by atoms with Gasteiger partial charge in [-0.3, -0.25) is 4.68 Å². The van der Waals surface area contributed by atoms with Crippen LogP contribution in [0.25, 0.3) is 0 Å². The van der Waals surface area contributed by atoms with E-state index in [0.717, 1.165) is 25.5 Å². The monoisotopic (exact) mass is 360 g/mol. The molecule has 0 bridgehead atoms. The molecule has 1 aliphatic rings. The molecule has 3 heterocycles. The summed E-state index contributed by atoms with van der Waals surface area (Å²) in [6.45, 7) is 1.24. The van der Waals surface area contributed by atoms with E-state index in [0.29, 0.717) is 23.2 Å². The molecule has 1 aliphatic heterocycles. The highest BCUT2D eigenvalue weighted by molar-refractivity contribution is 6.32. The Balaban J connectivity index is 1.83. The van der Waals surface area contributed by atoms with Crippen molar-refractivity contribution in [3.63, 3.8) is 0 Å². The number of piperidine rings is 1. The molecule has 0 aliphatic carbocycles. The van der Waals surface area contributed by atoms with Crippen molar-refractivity contribution < 1.29 is 13.2 Å². The largest absolute Gasteiger partial charge is 0.435 e. The highest BCUT2D eigenvalue weighted by atomic mass is 35.5. The van der Waals surface area contributed by atoms with Gasteiger partial charge in [-0.1, -0.05) is 11.6 Å². The third kappa shape index (κ3) is 3.26. The third-order valence-electron chi connectivity index (χ3n) is 4.00. The predicted octanol–water partition coefficient (Wildman–Crippen LogP) is 3.23. The number of halogens is 4. The van der Waals surface area contributed by atoms with Crippen molar-refractivity contribution in [3.8, 4) is 0 Å². The van der Waals surface area contributed by atoms with E-state index < -0.39 is 11.9 Å². The number of nitrogens with zero attached hydrogens (tertiary/aromatic N) is 5. The normalized spacial score (nSPS) is 18.7. The van der Waals surface area contributed by atoms with Crippen molar-refractivity contribution >= 4 is 23.1 Å². The van der Waals surface area contributed by atoms with Crippen LogP contribution in [0.2, 0.25) is 5.15 Å². The lowest BCUT2D eigenvalue weighted by molar-refractivity contribution is -0.141. The van der Waals surface area contributed by atoms with Gasteiger partial charge in [-0.2, -0.15) is 18.3 Å². The summed E-state index contributed by atoms with van der Waals surface area (Å²) in [7, 11) is 1.72. The van der Waals surface area contributed by atoms with Crippen LogP contribution in [0, 0.1) is 0 Å². The molecular weight excluding hydrogens is 345 g/mol. The smallest absolute Gasteiger partial charge is 0.383 e. The second kappa shape index (κ2) is 6.46. The molecule has 24 heavy (non-hydrogen) atoms. The summed E-state index contributed by atoms with van der Waals surface area (Å²) >= 11 is 6.07. The summed E-state index contributed by atoms with van der Waals surface area (Å²) in [5.41, 5.74) is -0.267. The number of alkyl halides is 3. The fourth-order valence-corrected chi connectivity index (χ4v) is 3.09. The highest BCUT2D eigenvalue weighted by Crippen LogP contribution is 2.33. The van der Waals surface area contributed by atoms with E-state index in [1.54, 1.807) is 7.05 Å². The van der Waals surface area contributed by atoms with Crippen LogP contribution >= 0.6 is 11.6 Å². The van der Waals surface area contributed by atoms with Gasteiger partial charge in [-0.25, -0.2) is 9.97 Å². The second-order valence-corrected chi connectivity index (χ2v) is 5.89. The lowest BCUT2D eigenvalue weighted by atomic mass is 10.1. The number of hydrogen-bond donors (Lipinski definition) is 1. The van der Waals surface area contributed by atoms with Crippen molar-refractivity contribution in [3.05, 3.63) is 29.4 Å². The molecule has 10 heteroatoms. The summed E-state index contributed by atoms with van der Waals surface area (Å²) in [6.07, 6.45) is -0.111. The summed E-state index contributed by atoms with van der Waals surface area (Å²) in [5, 5.41) is 6.96. The Labute approximate surface area is 141 Å². The van der Waals surface area contributed by atoms with Crippen LogP contribution in [0.3, 0.4) is 0 Å². The first kappa shape index (κ1) is 16.8. The molecule has 6 nitrogen and oxygen atoms in total. The maximum absolute atomic E-state index is 12.7. The Morgan fingerprint density at radius 2 is 2.12 bits per heavy atom. The Morgan fingerprint density at radius 3 is 2.79 bits per heavy atom. The van der Waals surface area contributed by atoms with Crippen molar-refractivity contribution in [1.82, 2.24) is 19.7 Å². The van der Waals surface area contributed by atoms with Crippen LogP contribution in [0.4, 0.5) is 24.7 Å². The molecule has 2 aromatic rings. The average Bonchev–Trinajstić information content (AvgIpc) is 3.05. The summed E-state index contributed by atoms with van der Waals surface area (Å²) in [5.74, 6) is 0.644. The SMILES string of the molecule is CNc1c(Cl)ncnc1N1CCCC(n2ccc(C(F)(F)F)n2)C1. The Kier molecular flexibility index (Phi) is 4.53. The van der Waals surface area contributed by atoms with E-state index in [4.69, 9.17) is 11.6 Å². The lowest BCUT2D eigenvalue weighted by Gasteiger charge is -2.34. The molecule has 1 atom stereocenters. The molecule has 0 spiro atoms. The summed E-state index contributed by atoms with van der Waals surface area (Å²) < 4.78 is 39.6. The van der Waals surface area contributed by atoms with Gasteiger partial charge < -0.3 is 10.2 Å². The van der Waals surface area contributed by atoms with E-state index in [9.17, 15) is 13.2 Å². The zero-order valence-corrected chi connectivity index (χ0v) is 13.6. The fraction of sp³-hybridized carbons (Fsp3) is 0.500. The lowest BCUT2D eigenvalue weighted by Crippen LogP contribution is -2.37. The molecule has 0 radical (unpaired) electrons. The highest BCUT2D eigenvalue weighted by Gasteiger charge is 2.34. The zero-order valence-electron chi connectivity index (χ0n) is 12.9. The molecule has 0 amide bonds. The van der Waals surface area contributed by atoms with E-state index in [1.165, 1.54) is 17.2 Å². The third-order valence-corrected chi connectivity index (χ3v) is 4.29. The Hall–Kier alpha value is -2.03. The van der Waals surface area contributed by atoms with Crippen LogP contribution in [0.1, 0.15) is 24.6 Å². The van der Waals surface area contributed by atoms with E-state index in [1.807, 2.05) is 4.90 Å². The fourth-order valence-electron chi connectivity index (χ4n) is 2.87. The minimum atomic E-state index is -4.43. The molecule has 2 aromatic heterocycles. The minimum absolute atomic E-state index is 0.159. The maximum Gasteiger partial charge on any atom is 0.435 e. The molecule has 0 saturated carbocycles. The van der Waals surface area contributed by atoms with Gasteiger partial charge in [0.25, 0.3) is 0 Å². The molecule has 3 rings (SSSR count). The van der Waals surface area contributed by atoms with Crippen LogP contribution < -0.4 is 10.2 Å². The molecular formula is C14H16ClF3N6. The van der Waals surface area contributed by atoms with Gasteiger partial charge >= 0.3 is 6.18 Å². The predicted molar refractivity (Wildman–Crippen MR) is 84.3 cm³/mol. The van der Waals surface area contributed by atoms with Gasteiger partial charge in [-0.15, -0.1) is 0 Å². The zero-order chi connectivity index (χ0) is 17.3. The van der Waals surface area contributed by atoms with Crippen molar-refractivity contribution in [2.75, 3.05) is 30.4 Å². The topological polar surface area (TPSA) is 58.9 Å². The van der Waals surface area contributed by atoms with Crippen LogP contribution in [-0.4, -0.2) is 39.9 Å². The summed E-state index contributed by atoms with van der Waals surface area (Å²) in [6, 6.07) is 0.841. The first-order valence-electron chi connectivity index (χ1n) is 7.45. The van der Waals surface area contributed by atoms with E-state index in [2.05, 4.69) is 20.4 Å². The minimum Gasteiger partial charge on any atom is -0.383 e. The van der Waals surface area contributed by atoms with Gasteiger partial charge in [-0.05, 0) is 18.9 Å². The van der Waals surface area contributed by atoms with Gasteiger partial charge in [0.05, 0.1) is 6.04 Å². The van der Waals surface area contributed by atoms with Crippen molar-refractivity contribution in [2.45, 2.75) is 25.1 Å². The molecule has 0 aromatic carbocycles. The van der Waals surface area contributed by atoms with Crippen LogP contribution in [0.15, 0.2) is 18.6 Å². The molecule has 1 saturated heterocycles. The number of anilines is 2. The van der Waals surface area contributed by atoms with E-state index >= 15 is 0 Å². The van der Waals surface area contributed by atoms with Gasteiger partial charge in [0.1, 0.15) is 12.0 Å². The van der Waals surface area contributed by atoms with Crippen molar-refractivity contribution in [2.24, 2.45) is 0 Å². The summed E-state index contributed by atoms with van der Waals surface area (Å²) in [4.78, 5) is 10.2. The molecule has 1 unspecified atom stereocenters. The van der Waals surface area contributed by atoms with Crippen molar-refractivity contribution in [1.29, 1.82) is 0 Å². The Morgan fingerprint density at radius 1 is 1.33 bits per heavy atom. The number of hydrogen-bond acceptors (Lipinski definition) is 5. The first-order valence-corrected chi connectivity index (χ1v) is 7.83. The number of aromatic nitrogens is 4. The Bertz CT molecular complexity index is 717. The van der Waals surface area contributed by atoms with E-state index in [-0.39, 0.29) is 6.04 Å². The van der Waals surface area contributed by atoms with Crippen LogP contribution in [0.5, 0.6) is 0 Å². The first-order chi connectivity index (χ1) is 11.4. The quantitative estimate of drug-likeness (QED) is 0.852. The standard InChI is InChI=1S/C14H16ClF3N6/c1-19-11-12(15)20-8-21-13(11)23-5-2-3-9(7-23)24-6-4-10(22-24)14(16,17)18/h4,6,8-9,19H,2-3,5,7H2,1H3. The van der Waals surface area contributed by atoms with Crippen LogP contribution in [-0.2, 0) is 6.18 Å². The maximum atomic E-state index is 12.7. The number of rotatable bonds is 3. The molecule has 1 fully saturated rings. The average molecular weight is 361 g/mol. The molecule has 1 N–H and O–H groups in total. The van der Waals surface area contributed by atoms with Gasteiger partial charge in [0, 0.05) is 26.3 Å². The van der Waals surface area contributed by atoms with Gasteiger partial charge in [0.15, 0.2) is 16.7 Å².